The molecule has 0 saturated carbocycles. The fourth-order valence-electron chi connectivity index (χ4n) is 2.00. The number of nitrogens with two attached hydrogens (primary N) is 1. The summed E-state index contributed by atoms with van der Waals surface area (Å²) < 4.78 is 22.6. The molecule has 1 aliphatic rings. The van der Waals surface area contributed by atoms with Crippen LogP contribution in [0.15, 0.2) is 11.0 Å². The molecule has 0 aliphatic heterocycles. The van der Waals surface area contributed by atoms with Gasteiger partial charge in [-0.05, 0) is 44.2 Å². The molecule has 0 aromatic carbocycles. The Bertz CT molecular complexity index is 494. The van der Waals surface area contributed by atoms with Gasteiger partial charge < -0.3 is 0 Å². The van der Waals surface area contributed by atoms with E-state index < -0.39 is 10.0 Å². The van der Waals surface area contributed by atoms with Gasteiger partial charge in [-0.25, -0.2) is 13.6 Å². The van der Waals surface area contributed by atoms with Crippen molar-refractivity contribution in [3.8, 4) is 0 Å². The first-order valence-electron chi connectivity index (χ1n) is 5.00. The van der Waals surface area contributed by atoms with Crippen LogP contribution in [0.3, 0.4) is 0 Å². The molecule has 2 rings (SSSR count). The molecule has 15 heavy (non-hydrogen) atoms. The maximum atomic E-state index is 11.3. The Morgan fingerprint density at radius 1 is 1.33 bits per heavy atom. The van der Waals surface area contributed by atoms with Gasteiger partial charge in [0, 0.05) is 5.69 Å². The van der Waals surface area contributed by atoms with Crippen molar-refractivity contribution in [2.24, 2.45) is 5.14 Å². The molecular weight excluding hydrogens is 212 g/mol. The average molecular weight is 226 g/mol. The summed E-state index contributed by atoms with van der Waals surface area (Å²) in [6.45, 7) is 1.69. The van der Waals surface area contributed by atoms with Gasteiger partial charge in [0.15, 0.2) is 0 Å². The number of primary sulfonamides is 1. The Hall–Kier alpha value is -0.940. The van der Waals surface area contributed by atoms with Gasteiger partial charge in [0.1, 0.15) is 4.90 Å². The minimum absolute atomic E-state index is 0.170. The maximum Gasteiger partial charge on any atom is 0.239 e. The number of rotatable bonds is 1. The van der Waals surface area contributed by atoms with Crippen molar-refractivity contribution in [1.29, 1.82) is 0 Å². The van der Waals surface area contributed by atoms with Crippen molar-refractivity contribution < 1.29 is 8.42 Å². The molecule has 0 spiro atoms. The predicted molar refractivity (Wildman–Crippen MR) is 57.0 cm³/mol. The van der Waals surface area contributed by atoms with Crippen LogP contribution in [0.4, 0.5) is 0 Å². The van der Waals surface area contributed by atoms with E-state index in [1.165, 1.54) is 0 Å². The smallest absolute Gasteiger partial charge is 0.239 e. The van der Waals surface area contributed by atoms with Crippen molar-refractivity contribution in [2.45, 2.75) is 37.5 Å². The third-order valence-electron chi connectivity index (χ3n) is 2.75. The number of aromatic nitrogens is 1. The summed E-state index contributed by atoms with van der Waals surface area (Å²) in [4.78, 5) is 4.49. The monoisotopic (exact) mass is 226 g/mol. The van der Waals surface area contributed by atoms with Crippen LogP contribution in [-0.4, -0.2) is 13.4 Å². The highest BCUT2D eigenvalue weighted by Gasteiger charge is 2.18. The molecule has 0 atom stereocenters. The van der Waals surface area contributed by atoms with Crippen LogP contribution >= 0.6 is 0 Å². The number of pyridine rings is 1. The van der Waals surface area contributed by atoms with Crippen LogP contribution in [0.2, 0.25) is 0 Å². The van der Waals surface area contributed by atoms with Gasteiger partial charge in [0.2, 0.25) is 10.0 Å². The van der Waals surface area contributed by atoms with Crippen LogP contribution in [-0.2, 0) is 22.9 Å². The molecule has 82 valence electrons. The number of fused-ring (bicyclic) bond motifs is 1. The summed E-state index contributed by atoms with van der Waals surface area (Å²) in [5, 5.41) is 5.12. The summed E-state index contributed by atoms with van der Waals surface area (Å²) in [6, 6.07) is 1.69. The van der Waals surface area contributed by atoms with Crippen molar-refractivity contribution in [1.82, 2.24) is 4.98 Å². The number of aryl methyl sites for hydroxylation is 3. The van der Waals surface area contributed by atoms with Crippen molar-refractivity contribution in [2.75, 3.05) is 0 Å². The Morgan fingerprint density at radius 2 is 2.00 bits per heavy atom. The standard InChI is InChI=1S/C10H14N2O2S/c1-7-10(15(11,13)14)6-8-4-2-3-5-9(8)12-7/h6H,2-5H2,1H3,(H2,11,13,14). The zero-order valence-electron chi connectivity index (χ0n) is 8.66. The van der Waals surface area contributed by atoms with Gasteiger partial charge in [-0.3, -0.25) is 4.98 Å². The van der Waals surface area contributed by atoms with Gasteiger partial charge in [0.25, 0.3) is 0 Å². The number of sulfonamides is 1. The lowest BCUT2D eigenvalue weighted by molar-refractivity contribution is 0.594. The van der Waals surface area contributed by atoms with E-state index in [2.05, 4.69) is 4.98 Å². The first kappa shape index (κ1) is 10.6. The summed E-state index contributed by atoms with van der Waals surface area (Å²) in [5.74, 6) is 0. The largest absolute Gasteiger partial charge is 0.256 e. The zero-order valence-corrected chi connectivity index (χ0v) is 9.47. The van der Waals surface area contributed by atoms with E-state index in [4.69, 9.17) is 5.14 Å². The average Bonchev–Trinajstić information content (AvgIpc) is 2.15. The van der Waals surface area contributed by atoms with Crippen LogP contribution in [0.25, 0.3) is 0 Å². The summed E-state index contributed by atoms with van der Waals surface area (Å²) >= 11 is 0. The van der Waals surface area contributed by atoms with Gasteiger partial charge in [-0.2, -0.15) is 0 Å². The minimum atomic E-state index is -3.63. The molecule has 1 aromatic heterocycles. The molecule has 4 nitrogen and oxygen atoms in total. The van der Waals surface area contributed by atoms with Crippen LogP contribution in [0, 0.1) is 6.92 Å². The third kappa shape index (κ3) is 2.03. The summed E-state index contributed by atoms with van der Waals surface area (Å²) in [7, 11) is -3.63. The topological polar surface area (TPSA) is 73.0 Å². The highest BCUT2D eigenvalue weighted by atomic mass is 32.2. The van der Waals surface area contributed by atoms with E-state index in [-0.39, 0.29) is 4.90 Å². The van der Waals surface area contributed by atoms with Crippen LogP contribution in [0.1, 0.15) is 29.8 Å². The molecule has 0 saturated heterocycles. The van der Waals surface area contributed by atoms with Gasteiger partial charge >= 0.3 is 0 Å². The summed E-state index contributed by atoms with van der Waals surface area (Å²) in [5.41, 5.74) is 2.58. The molecule has 1 aliphatic carbocycles. The number of hydrogen-bond acceptors (Lipinski definition) is 3. The maximum absolute atomic E-state index is 11.3. The summed E-state index contributed by atoms with van der Waals surface area (Å²) in [6.07, 6.45) is 4.09. The lowest BCUT2D eigenvalue weighted by Gasteiger charge is -2.16. The Labute approximate surface area is 89.6 Å². The van der Waals surface area contributed by atoms with Crippen molar-refractivity contribution in [3.63, 3.8) is 0 Å². The Kier molecular flexibility index (Phi) is 2.52. The lowest BCUT2D eigenvalue weighted by atomic mass is 9.96. The second-order valence-corrected chi connectivity index (χ2v) is 5.46. The first-order chi connectivity index (χ1) is 6.98. The van der Waals surface area contributed by atoms with E-state index in [1.807, 2.05) is 0 Å². The molecular formula is C10H14N2O2S. The fraction of sp³-hybridized carbons (Fsp3) is 0.500. The van der Waals surface area contributed by atoms with E-state index in [9.17, 15) is 8.42 Å². The molecule has 0 radical (unpaired) electrons. The molecule has 5 heteroatoms. The highest BCUT2D eigenvalue weighted by Crippen LogP contribution is 2.23. The molecule has 1 aromatic rings. The molecule has 0 bridgehead atoms. The van der Waals surface area contributed by atoms with Crippen LogP contribution < -0.4 is 5.14 Å². The van der Waals surface area contributed by atoms with Gasteiger partial charge in [0.05, 0.1) is 5.69 Å². The number of nitrogens with zero attached hydrogens (tertiary/aromatic N) is 1. The van der Waals surface area contributed by atoms with Gasteiger partial charge in [-0.15, -0.1) is 0 Å². The Morgan fingerprint density at radius 3 is 2.67 bits per heavy atom. The fourth-order valence-corrected chi connectivity index (χ4v) is 2.77. The number of hydrogen-bond donors (Lipinski definition) is 1. The first-order valence-corrected chi connectivity index (χ1v) is 6.55. The molecule has 0 amide bonds. The van der Waals surface area contributed by atoms with E-state index in [0.717, 1.165) is 36.9 Å². The van der Waals surface area contributed by atoms with E-state index >= 15 is 0 Å². The molecule has 0 unspecified atom stereocenters. The normalized spacial score (nSPS) is 16.1. The van der Waals surface area contributed by atoms with Gasteiger partial charge in [-0.1, -0.05) is 0 Å². The molecule has 0 fully saturated rings. The van der Waals surface area contributed by atoms with Crippen molar-refractivity contribution >= 4 is 10.0 Å². The SMILES string of the molecule is Cc1nc2c(cc1S(N)(=O)=O)CCCC2. The quantitative estimate of drug-likeness (QED) is 0.773. The Balaban J connectivity index is 2.60. The molecule has 1 heterocycles. The molecule has 2 N–H and O–H groups in total. The van der Waals surface area contributed by atoms with E-state index in [1.54, 1.807) is 13.0 Å². The minimum Gasteiger partial charge on any atom is -0.256 e. The second kappa shape index (κ2) is 3.57. The highest BCUT2D eigenvalue weighted by molar-refractivity contribution is 7.89. The van der Waals surface area contributed by atoms with E-state index in [0.29, 0.717) is 5.69 Å². The third-order valence-corrected chi connectivity index (χ3v) is 3.78. The van der Waals surface area contributed by atoms with Crippen molar-refractivity contribution in [3.05, 3.63) is 23.0 Å². The lowest BCUT2D eigenvalue weighted by Crippen LogP contribution is -2.17. The second-order valence-electron chi connectivity index (χ2n) is 3.93. The van der Waals surface area contributed by atoms with Crippen LogP contribution in [0.5, 0.6) is 0 Å². The predicted octanol–water partition coefficient (Wildman–Crippen LogP) is 0.916. The zero-order chi connectivity index (χ0) is 11.1.